The minimum atomic E-state index is -1.32. The van der Waals surface area contributed by atoms with Crippen LogP contribution >= 0.6 is 12.2 Å². The van der Waals surface area contributed by atoms with Gasteiger partial charge in [0, 0.05) is 33.4 Å². The van der Waals surface area contributed by atoms with E-state index in [0.717, 1.165) is 43.9 Å². The topological polar surface area (TPSA) is 143 Å². The van der Waals surface area contributed by atoms with E-state index in [1.807, 2.05) is 0 Å². The first-order chi connectivity index (χ1) is 18.0. The normalized spacial score (nSPS) is 25.0. The first-order valence-electron chi connectivity index (χ1n) is 12.5. The number of esters is 4. The molecule has 2 aliphatic rings. The Balaban J connectivity index is 2.26. The summed E-state index contributed by atoms with van der Waals surface area (Å²) in [6.07, 6.45) is -1.01. The smallest absolute Gasteiger partial charge is 0.303 e. The Bertz CT molecular complexity index is 1190. The van der Waals surface area contributed by atoms with Gasteiger partial charge in [-0.15, -0.1) is 0 Å². The SMILES string of the molecule is CC(=O)OC[C@H]1O[C@@H](n2c3c(cc(C#N)c2=S)CCCCCC3)[C@@H](OC(C)=O)[C@@H](OC(C)=O)[C@@H]1OC(C)=O. The van der Waals surface area contributed by atoms with E-state index in [0.29, 0.717) is 12.8 Å². The van der Waals surface area contributed by atoms with Gasteiger partial charge in [0.05, 0.1) is 5.56 Å². The van der Waals surface area contributed by atoms with Gasteiger partial charge in [0.15, 0.2) is 24.5 Å². The lowest BCUT2D eigenvalue weighted by Crippen LogP contribution is -2.60. The third kappa shape index (κ3) is 6.96. The van der Waals surface area contributed by atoms with Gasteiger partial charge in [-0.25, -0.2) is 0 Å². The van der Waals surface area contributed by atoms with Gasteiger partial charge in [-0.05, 0) is 37.3 Å². The number of pyridine rings is 1. The summed E-state index contributed by atoms with van der Waals surface area (Å²) in [5, 5.41) is 9.85. The molecule has 1 fully saturated rings. The Hall–Kier alpha value is -3.30. The van der Waals surface area contributed by atoms with Crippen LogP contribution in [0.2, 0.25) is 0 Å². The fraction of sp³-hybridized carbons (Fsp3) is 0.615. The molecule has 3 rings (SSSR count). The molecule has 0 radical (unpaired) electrons. The van der Waals surface area contributed by atoms with E-state index in [1.165, 1.54) is 20.8 Å². The lowest BCUT2D eigenvalue weighted by Gasteiger charge is -2.45. The summed E-state index contributed by atoms with van der Waals surface area (Å²) in [6.45, 7) is 4.38. The molecule has 0 spiro atoms. The van der Waals surface area contributed by atoms with Crippen molar-refractivity contribution in [2.24, 2.45) is 0 Å². The van der Waals surface area contributed by atoms with Crippen LogP contribution in [-0.2, 0) is 55.7 Å². The fourth-order valence-corrected chi connectivity index (χ4v) is 5.27. The first kappa shape index (κ1) is 29.3. The van der Waals surface area contributed by atoms with Crippen molar-refractivity contribution in [1.82, 2.24) is 4.57 Å². The number of hydrogen-bond acceptors (Lipinski definition) is 11. The number of nitriles is 1. The van der Waals surface area contributed by atoms with Gasteiger partial charge in [0.1, 0.15) is 23.4 Å². The minimum Gasteiger partial charge on any atom is -0.463 e. The summed E-state index contributed by atoms with van der Waals surface area (Å²) in [5.74, 6) is -2.74. The Labute approximate surface area is 225 Å². The number of fused-ring (bicyclic) bond motifs is 1. The van der Waals surface area contributed by atoms with Gasteiger partial charge < -0.3 is 28.3 Å². The van der Waals surface area contributed by atoms with E-state index >= 15 is 0 Å². The standard InChI is InChI=1S/C26H32N2O9S/c1-14(29)33-13-21-22(34-15(2)30)23(35-16(3)31)24(36-17(4)32)25(37-21)28-20-10-8-6-5-7-9-18(20)11-19(12-27)26(28)38/h11,21-25H,5-10,13H2,1-4H3/t21-,22-,23+,24+,25-/m1/s1. The predicted molar refractivity (Wildman–Crippen MR) is 133 cm³/mol. The molecule has 12 heteroatoms. The van der Waals surface area contributed by atoms with Crippen LogP contribution in [0.25, 0.3) is 0 Å². The predicted octanol–water partition coefficient (Wildman–Crippen LogP) is 3.00. The highest BCUT2D eigenvalue weighted by Crippen LogP contribution is 2.37. The van der Waals surface area contributed by atoms with Gasteiger partial charge in [-0.1, -0.05) is 25.1 Å². The summed E-state index contributed by atoms with van der Waals surface area (Å²) in [6, 6.07) is 3.92. The summed E-state index contributed by atoms with van der Waals surface area (Å²) >= 11 is 5.71. The van der Waals surface area contributed by atoms with Crippen molar-refractivity contribution in [2.75, 3.05) is 6.61 Å². The molecule has 0 aromatic carbocycles. The molecule has 1 aliphatic heterocycles. The third-order valence-electron chi connectivity index (χ3n) is 6.38. The van der Waals surface area contributed by atoms with Crippen LogP contribution in [0.1, 0.15) is 76.4 Å². The molecule has 1 saturated heterocycles. The van der Waals surface area contributed by atoms with Gasteiger partial charge in [0.2, 0.25) is 0 Å². The Morgan fingerprint density at radius 2 is 1.50 bits per heavy atom. The largest absolute Gasteiger partial charge is 0.463 e. The zero-order valence-corrected chi connectivity index (χ0v) is 22.7. The number of carbonyl (C=O) groups is 4. The van der Waals surface area contributed by atoms with Crippen LogP contribution in [0.5, 0.6) is 0 Å². The molecule has 1 aliphatic carbocycles. The number of rotatable bonds is 6. The van der Waals surface area contributed by atoms with Crippen LogP contribution in [0.4, 0.5) is 0 Å². The zero-order chi connectivity index (χ0) is 28.0. The van der Waals surface area contributed by atoms with E-state index in [9.17, 15) is 24.4 Å². The highest BCUT2D eigenvalue weighted by atomic mass is 32.1. The number of nitrogens with zero attached hydrogens (tertiary/aromatic N) is 2. The molecule has 11 nitrogen and oxygen atoms in total. The molecule has 0 saturated carbocycles. The van der Waals surface area contributed by atoms with Crippen LogP contribution in [0.15, 0.2) is 6.07 Å². The Morgan fingerprint density at radius 1 is 0.921 bits per heavy atom. The van der Waals surface area contributed by atoms with Crippen molar-refractivity contribution in [3.8, 4) is 6.07 Å². The molecule has 206 valence electrons. The average Bonchev–Trinajstić information content (AvgIpc) is 2.81. The number of ether oxygens (including phenoxy) is 5. The number of hydrogen-bond donors (Lipinski definition) is 0. The Kier molecular flexibility index (Phi) is 9.99. The highest BCUT2D eigenvalue weighted by Gasteiger charge is 2.53. The third-order valence-corrected chi connectivity index (χ3v) is 6.80. The van der Waals surface area contributed by atoms with E-state index in [-0.39, 0.29) is 16.8 Å². The van der Waals surface area contributed by atoms with Crippen molar-refractivity contribution in [1.29, 1.82) is 5.26 Å². The molecule has 2 heterocycles. The van der Waals surface area contributed by atoms with Crippen LogP contribution in [-0.4, -0.2) is 59.5 Å². The van der Waals surface area contributed by atoms with Gasteiger partial charge in [-0.2, -0.15) is 5.26 Å². The van der Waals surface area contributed by atoms with Crippen molar-refractivity contribution in [2.45, 2.75) is 96.9 Å². The monoisotopic (exact) mass is 548 g/mol. The van der Waals surface area contributed by atoms with Crippen LogP contribution in [0.3, 0.4) is 0 Å². The minimum absolute atomic E-state index is 0.160. The quantitative estimate of drug-likeness (QED) is 0.294. The summed E-state index contributed by atoms with van der Waals surface area (Å²) in [7, 11) is 0. The first-order valence-corrected chi connectivity index (χ1v) is 12.9. The molecule has 0 N–H and O–H groups in total. The molecule has 0 unspecified atom stereocenters. The van der Waals surface area contributed by atoms with Gasteiger partial charge in [0.25, 0.3) is 0 Å². The van der Waals surface area contributed by atoms with Crippen molar-refractivity contribution in [3.05, 3.63) is 27.5 Å². The summed E-state index contributed by atoms with van der Waals surface area (Å²) in [4.78, 5) is 48.1. The lowest BCUT2D eigenvalue weighted by atomic mass is 9.93. The fourth-order valence-electron chi connectivity index (χ4n) is 4.95. The molecule has 38 heavy (non-hydrogen) atoms. The van der Waals surface area contributed by atoms with Gasteiger partial charge >= 0.3 is 23.9 Å². The number of carbonyl (C=O) groups excluding carboxylic acids is 4. The summed E-state index contributed by atoms with van der Waals surface area (Å²) in [5.41, 5.74) is 1.98. The van der Waals surface area contributed by atoms with Crippen molar-refractivity contribution >= 4 is 36.1 Å². The van der Waals surface area contributed by atoms with Crippen molar-refractivity contribution < 1.29 is 42.9 Å². The molecular formula is C26H32N2O9S. The number of aromatic nitrogens is 1. The maximum absolute atomic E-state index is 12.3. The van der Waals surface area contributed by atoms with Crippen LogP contribution < -0.4 is 0 Å². The highest BCUT2D eigenvalue weighted by molar-refractivity contribution is 7.71. The maximum Gasteiger partial charge on any atom is 0.303 e. The molecular weight excluding hydrogens is 516 g/mol. The summed E-state index contributed by atoms with van der Waals surface area (Å²) < 4.78 is 30.0. The lowest BCUT2D eigenvalue weighted by molar-refractivity contribution is -0.269. The second-order valence-electron chi connectivity index (χ2n) is 9.32. The van der Waals surface area contributed by atoms with E-state index in [2.05, 4.69) is 6.07 Å². The molecule has 5 atom stereocenters. The molecule has 0 bridgehead atoms. The average molecular weight is 549 g/mol. The van der Waals surface area contributed by atoms with Gasteiger partial charge in [-0.3, -0.25) is 19.2 Å². The zero-order valence-electron chi connectivity index (χ0n) is 21.9. The molecule has 1 aromatic rings. The molecule has 1 aromatic heterocycles. The van der Waals surface area contributed by atoms with E-state index in [1.54, 1.807) is 10.6 Å². The van der Waals surface area contributed by atoms with Crippen molar-refractivity contribution in [3.63, 3.8) is 0 Å². The second-order valence-corrected chi connectivity index (χ2v) is 9.71. The Morgan fingerprint density at radius 3 is 2.08 bits per heavy atom. The maximum atomic E-state index is 12.3. The van der Waals surface area contributed by atoms with E-state index < -0.39 is 54.5 Å². The van der Waals surface area contributed by atoms with E-state index in [4.69, 9.17) is 35.9 Å². The second kappa shape index (κ2) is 13.0. The van der Waals surface area contributed by atoms with Crippen LogP contribution in [0, 0.1) is 16.0 Å². The number of aryl methyl sites for hydroxylation is 1. The molecule has 0 amide bonds.